The number of nitrogens with two attached hydrogens (primary N) is 1. The molecule has 3 aromatic rings. The van der Waals surface area contributed by atoms with Gasteiger partial charge in [0.15, 0.2) is 0 Å². The van der Waals surface area contributed by atoms with Crippen molar-refractivity contribution in [1.29, 1.82) is 5.26 Å². The number of aliphatic imine (C=N–C) groups is 2. The van der Waals surface area contributed by atoms with Gasteiger partial charge in [0.2, 0.25) is 15.9 Å². The number of nitrogens with one attached hydrogen (secondary N) is 1. The van der Waals surface area contributed by atoms with Crippen molar-refractivity contribution in [2.24, 2.45) is 21.6 Å². The van der Waals surface area contributed by atoms with Crippen LogP contribution in [0.3, 0.4) is 0 Å². The van der Waals surface area contributed by atoms with Crippen LogP contribution in [0.5, 0.6) is 0 Å². The lowest BCUT2D eigenvalue weighted by molar-refractivity contribution is -0.156. The Morgan fingerprint density at radius 3 is 1.77 bits per heavy atom. The van der Waals surface area contributed by atoms with Gasteiger partial charge in [-0.15, -0.1) is 0 Å². The highest BCUT2D eigenvalue weighted by atomic mass is 32.2. The molecule has 1 fully saturated rings. The van der Waals surface area contributed by atoms with Crippen molar-refractivity contribution in [3.05, 3.63) is 82.9 Å². The summed E-state index contributed by atoms with van der Waals surface area (Å²) < 4.78 is 89.7. The molecule has 506 valence electrons. The molecule has 0 spiro atoms. The van der Waals surface area contributed by atoms with Gasteiger partial charge in [-0.2, -0.15) is 9.57 Å². The molecule has 1 saturated heterocycles. The van der Waals surface area contributed by atoms with Gasteiger partial charge < -0.3 is 73.2 Å². The summed E-state index contributed by atoms with van der Waals surface area (Å²) in [7, 11) is -3.77. The van der Waals surface area contributed by atoms with Crippen LogP contribution < -0.4 is 11.1 Å². The molecular formula is C67H101N7O16S. The molecule has 2 aliphatic heterocycles. The summed E-state index contributed by atoms with van der Waals surface area (Å²) >= 11 is 0. The monoisotopic (exact) mass is 1290 g/mol. The van der Waals surface area contributed by atoms with Crippen LogP contribution in [0.2, 0.25) is 0 Å². The Hall–Kier alpha value is -5.76. The highest BCUT2D eigenvalue weighted by molar-refractivity contribution is 7.89. The molecule has 4 N–H and O–H groups in total. The number of fused-ring (bicyclic) bond motifs is 1. The Kier molecular flexibility index (Phi) is 36.7. The van der Waals surface area contributed by atoms with E-state index in [2.05, 4.69) is 31.3 Å². The van der Waals surface area contributed by atoms with E-state index in [1.54, 1.807) is 30.3 Å². The predicted molar refractivity (Wildman–Crippen MR) is 350 cm³/mol. The lowest BCUT2D eigenvalue weighted by Gasteiger charge is -2.36. The van der Waals surface area contributed by atoms with Gasteiger partial charge in [0.25, 0.3) is 0 Å². The number of ether oxygens (including phenoxy) is 11. The predicted octanol–water partition coefficient (Wildman–Crippen LogP) is 7.77. The van der Waals surface area contributed by atoms with Gasteiger partial charge in [0, 0.05) is 81.5 Å². The number of carbonyl (C=O) groups excluding carboxylic acids is 2. The van der Waals surface area contributed by atoms with E-state index in [0.717, 1.165) is 53.9 Å². The number of aryl methyl sites for hydroxylation is 1. The van der Waals surface area contributed by atoms with E-state index in [-0.39, 0.29) is 55.2 Å². The molecular weight excluding hydrogens is 1190 g/mol. The molecule has 0 radical (unpaired) electrons. The Labute approximate surface area is 539 Å². The molecule has 0 saturated carbocycles. The smallest absolute Gasteiger partial charge is 0.308 e. The molecule has 5 rings (SSSR count). The van der Waals surface area contributed by atoms with E-state index in [1.165, 1.54) is 4.31 Å². The third-order valence-corrected chi connectivity index (χ3v) is 15.9. The molecule has 0 unspecified atom stereocenters. The first-order valence-electron chi connectivity index (χ1n) is 32.1. The minimum atomic E-state index is -3.77. The van der Waals surface area contributed by atoms with Crippen LogP contribution in [0.4, 0.5) is 11.4 Å². The van der Waals surface area contributed by atoms with Gasteiger partial charge in [-0.1, -0.05) is 38.1 Å². The van der Waals surface area contributed by atoms with E-state index in [0.29, 0.717) is 199 Å². The summed E-state index contributed by atoms with van der Waals surface area (Å²) in [5, 5.41) is 22.6. The van der Waals surface area contributed by atoms with Crippen molar-refractivity contribution in [3.63, 3.8) is 0 Å². The number of rotatable bonds is 49. The molecule has 23 nitrogen and oxygen atoms in total. The van der Waals surface area contributed by atoms with Crippen molar-refractivity contribution in [3.8, 4) is 17.2 Å². The standard InChI is InChI=1S/C67H101N7O16S/c1-6-21-73(22-7-2)66(77)58-46-61-56(44-57(47-62(61)72-63(69)48-58)55-15-11-17-60(45-55)91(78,79)74-50-54(51-74)52-75)14-8-9-20-70-64(71-59-16-10-13-53(43-59)49-68)18-12-23-80-25-27-82-29-31-84-33-35-86-37-39-88-41-42-89-40-38-87-36-34-85-32-30-83-28-26-81-24-19-65(76)90-67(3,4)5/h10-11,13,15-17,43-47,54,75H,6-9,12,14,18-42,48,50-52H2,1-5H3,(H2,69,72)(H,70,71). The zero-order valence-corrected chi connectivity index (χ0v) is 55.3. The van der Waals surface area contributed by atoms with Gasteiger partial charge in [0.05, 0.1) is 154 Å². The van der Waals surface area contributed by atoms with Gasteiger partial charge in [-0.05, 0) is 118 Å². The average molecular weight is 1290 g/mol. The fourth-order valence-corrected chi connectivity index (χ4v) is 11.2. The fraction of sp³-hybridized carbons (Fsp3) is 0.627. The molecule has 24 heteroatoms. The lowest BCUT2D eigenvalue weighted by atomic mass is 9.93. The highest BCUT2D eigenvalue weighted by Crippen LogP contribution is 2.37. The minimum absolute atomic E-state index is 0.0571. The number of amides is 1. The van der Waals surface area contributed by atoms with Crippen molar-refractivity contribution >= 4 is 51.0 Å². The fourth-order valence-electron chi connectivity index (χ4n) is 9.58. The van der Waals surface area contributed by atoms with E-state index >= 15 is 0 Å². The first-order chi connectivity index (χ1) is 44.1. The number of unbranched alkanes of at least 4 members (excludes halogenated alkanes) is 1. The maximum Gasteiger partial charge on any atom is 0.308 e. The Bertz CT molecular complexity index is 2850. The molecule has 0 bridgehead atoms. The van der Waals surface area contributed by atoms with Gasteiger partial charge in [-0.3, -0.25) is 14.6 Å². The van der Waals surface area contributed by atoms with Crippen LogP contribution >= 0.6 is 0 Å². The second-order valence-electron chi connectivity index (χ2n) is 22.9. The average Bonchev–Trinajstić information content (AvgIpc) is 1.62. The molecule has 0 aliphatic carbocycles. The Balaban J connectivity index is 0.954. The van der Waals surface area contributed by atoms with Crippen molar-refractivity contribution in [2.45, 2.75) is 103 Å². The Morgan fingerprint density at radius 2 is 1.24 bits per heavy atom. The van der Waals surface area contributed by atoms with Gasteiger partial charge >= 0.3 is 5.97 Å². The maximum atomic E-state index is 14.1. The first kappa shape index (κ1) is 76.0. The number of anilines is 1. The van der Waals surface area contributed by atoms with Crippen LogP contribution in [0.15, 0.2) is 81.1 Å². The number of nitrogens with zero attached hydrogens (tertiary/aromatic N) is 5. The van der Waals surface area contributed by atoms with Crippen LogP contribution in [0.1, 0.15) is 103 Å². The molecule has 91 heavy (non-hydrogen) atoms. The topological polar surface area (TPSA) is 283 Å². The summed E-state index contributed by atoms with van der Waals surface area (Å²) in [6.07, 6.45) is 7.43. The molecule has 0 atom stereocenters. The summed E-state index contributed by atoms with van der Waals surface area (Å²) in [5.41, 5.74) is 11.8. The number of nitriles is 1. The van der Waals surface area contributed by atoms with E-state index in [4.69, 9.17) is 67.8 Å². The summed E-state index contributed by atoms with van der Waals surface area (Å²) in [6, 6.07) is 20.4. The van der Waals surface area contributed by atoms with Gasteiger partial charge in [-0.25, -0.2) is 13.4 Å². The third-order valence-electron chi connectivity index (χ3n) is 14.1. The zero-order chi connectivity index (χ0) is 65.4. The van der Waals surface area contributed by atoms with E-state index in [9.17, 15) is 28.4 Å². The number of aliphatic hydroxyl groups is 1. The van der Waals surface area contributed by atoms with Crippen molar-refractivity contribution < 1.29 is 75.2 Å². The number of esters is 1. The van der Waals surface area contributed by atoms with E-state index in [1.807, 2.05) is 56.0 Å². The highest BCUT2D eigenvalue weighted by Gasteiger charge is 2.36. The maximum absolute atomic E-state index is 14.1. The summed E-state index contributed by atoms with van der Waals surface area (Å²) in [5.74, 6) is 0.691. The SMILES string of the molecule is CCCN(CCC)C(=O)C1=Cc2c(CCCCN=C(CCCOCCOCCOCCOCCOCCOCCOCCOCCOCCOCCC(=O)OC(C)(C)C)Nc3cccc(C#N)c3)cc(-c3cccc(S(=O)(=O)N4CC(CO)C4)c3)cc2N=C(N)C1. The number of aliphatic hydroxyl groups excluding tert-OH is 1. The normalized spacial score (nSPS) is 13.9. The second-order valence-corrected chi connectivity index (χ2v) is 24.8. The molecule has 2 aliphatic rings. The molecule has 1 amide bonds. The van der Waals surface area contributed by atoms with Crippen LogP contribution in [0, 0.1) is 17.2 Å². The molecule has 2 heterocycles. The summed E-state index contributed by atoms with van der Waals surface area (Å²) in [4.78, 5) is 37.7. The number of carbonyl (C=O) groups is 2. The molecule has 3 aromatic carbocycles. The van der Waals surface area contributed by atoms with Crippen LogP contribution in [-0.4, -0.2) is 223 Å². The number of hydrogen-bond donors (Lipinski definition) is 3. The van der Waals surface area contributed by atoms with Crippen molar-refractivity contribution in [2.75, 3.05) is 177 Å². The first-order valence-corrected chi connectivity index (χ1v) is 33.6. The third kappa shape index (κ3) is 30.2. The quantitative estimate of drug-likeness (QED) is 0.0210. The van der Waals surface area contributed by atoms with Crippen molar-refractivity contribution in [1.82, 2.24) is 9.21 Å². The summed E-state index contributed by atoms with van der Waals surface area (Å²) in [6.45, 7) is 20.7. The number of benzene rings is 3. The minimum Gasteiger partial charge on any atom is -0.460 e. The Morgan fingerprint density at radius 1 is 0.703 bits per heavy atom. The lowest BCUT2D eigenvalue weighted by Crippen LogP contribution is -2.51. The van der Waals surface area contributed by atoms with Crippen LogP contribution in [0.25, 0.3) is 17.2 Å². The largest absolute Gasteiger partial charge is 0.460 e. The van der Waals surface area contributed by atoms with E-state index < -0.39 is 15.6 Å². The second kappa shape index (κ2) is 44.0. The molecule has 0 aromatic heterocycles. The zero-order valence-electron chi connectivity index (χ0n) is 54.5. The van der Waals surface area contributed by atoms with Gasteiger partial charge in [0.1, 0.15) is 17.3 Å². The number of amidine groups is 2. The number of hydrogen-bond acceptors (Lipinski definition) is 20. The number of sulfonamides is 1. The van der Waals surface area contributed by atoms with Crippen LogP contribution in [-0.2, 0) is 78.1 Å².